The molecule has 0 heterocycles. The van der Waals surface area contributed by atoms with Crippen molar-refractivity contribution in [2.24, 2.45) is 9.98 Å². The van der Waals surface area contributed by atoms with E-state index in [-0.39, 0.29) is 0 Å². The predicted molar refractivity (Wildman–Crippen MR) is 209 cm³/mol. The van der Waals surface area contributed by atoms with Crippen LogP contribution < -0.4 is 18.9 Å². The molecule has 0 aliphatic rings. The summed E-state index contributed by atoms with van der Waals surface area (Å²) in [6.07, 6.45) is 14.5. The van der Waals surface area contributed by atoms with Crippen molar-refractivity contribution >= 4 is 24.4 Å². The first-order valence-electron chi connectivity index (χ1n) is 18.6. The van der Waals surface area contributed by atoms with Gasteiger partial charge in [-0.2, -0.15) is 0 Å². The van der Waals surface area contributed by atoms with E-state index in [0.29, 0.717) is 35.8 Å². The van der Waals surface area contributed by atoms with E-state index in [9.17, 15) is 9.59 Å². The van der Waals surface area contributed by atoms with E-state index in [0.717, 1.165) is 99.9 Å². The highest BCUT2D eigenvalue weighted by atomic mass is 16.5. The summed E-state index contributed by atoms with van der Waals surface area (Å²) in [7, 11) is 0. The molecule has 0 radical (unpaired) electrons. The summed E-state index contributed by atoms with van der Waals surface area (Å²) in [5, 5.41) is 0. The Morgan fingerprint density at radius 2 is 0.827 bits per heavy atom. The minimum Gasteiger partial charge on any atom is -0.494 e. The molecule has 0 saturated heterocycles. The number of carbonyl (C=O) groups is 2. The van der Waals surface area contributed by atoms with Crippen molar-refractivity contribution in [3.05, 3.63) is 119 Å². The van der Waals surface area contributed by atoms with Crippen LogP contribution in [0.5, 0.6) is 23.0 Å². The largest absolute Gasteiger partial charge is 0.494 e. The zero-order valence-electron chi connectivity index (χ0n) is 30.6. The maximum absolute atomic E-state index is 12.5. The Morgan fingerprint density at radius 1 is 0.462 bits per heavy atom. The molecule has 0 bridgehead atoms. The molecule has 0 aromatic heterocycles. The van der Waals surface area contributed by atoms with E-state index in [1.54, 1.807) is 72.8 Å². The second-order valence-electron chi connectivity index (χ2n) is 12.6. The third kappa shape index (κ3) is 14.9. The minimum absolute atomic E-state index is 0.402. The summed E-state index contributed by atoms with van der Waals surface area (Å²) in [4.78, 5) is 34.1. The average Bonchev–Trinajstić information content (AvgIpc) is 3.17. The molecule has 8 nitrogen and oxygen atoms in total. The highest BCUT2D eigenvalue weighted by molar-refractivity contribution is 5.92. The molecule has 0 atom stereocenters. The van der Waals surface area contributed by atoms with E-state index in [4.69, 9.17) is 18.9 Å². The molecule has 4 aromatic carbocycles. The number of benzene rings is 4. The number of unbranched alkanes of at least 4 members (excludes halogenated alkanes) is 7. The van der Waals surface area contributed by atoms with E-state index in [1.807, 2.05) is 36.7 Å². The zero-order chi connectivity index (χ0) is 36.6. The maximum atomic E-state index is 12.5. The number of hydrogen-bond donors (Lipinski definition) is 0. The standard InChI is InChI=1S/C44H52N2O6/c1-3-5-11-31-49-39-25-17-37(18-26-39)43(47)51-41-21-13-35(14-22-41)33-45-29-9-7-8-10-30-46-34-36-15-23-42(24-16-36)52-44(48)38-19-27-40(28-20-38)50-32-12-6-4-2/h13-28,33-34H,3-12,29-32H2,1-2H3. The van der Waals surface area contributed by atoms with Crippen LogP contribution in [0.4, 0.5) is 0 Å². The molecule has 0 saturated carbocycles. The van der Waals surface area contributed by atoms with Crippen LogP contribution in [0.3, 0.4) is 0 Å². The minimum atomic E-state index is -0.402. The molecule has 4 aromatic rings. The summed E-state index contributed by atoms with van der Waals surface area (Å²) in [6, 6.07) is 28.8. The fourth-order valence-electron chi connectivity index (χ4n) is 5.13. The first-order chi connectivity index (χ1) is 25.5. The molecular weight excluding hydrogens is 652 g/mol. The first-order valence-corrected chi connectivity index (χ1v) is 18.6. The van der Waals surface area contributed by atoms with E-state index in [1.165, 1.54) is 0 Å². The Kier molecular flexibility index (Phi) is 17.7. The second-order valence-corrected chi connectivity index (χ2v) is 12.6. The topological polar surface area (TPSA) is 95.8 Å². The van der Waals surface area contributed by atoms with Gasteiger partial charge in [0.2, 0.25) is 0 Å². The van der Waals surface area contributed by atoms with Crippen LogP contribution in [0.1, 0.15) is 110 Å². The number of hydrogen-bond acceptors (Lipinski definition) is 8. The van der Waals surface area contributed by atoms with Crippen LogP contribution in [0, 0.1) is 0 Å². The fraction of sp³-hybridized carbons (Fsp3) is 0.364. The van der Waals surface area contributed by atoms with Crippen LogP contribution in [-0.2, 0) is 0 Å². The van der Waals surface area contributed by atoms with Crippen molar-refractivity contribution < 1.29 is 28.5 Å². The Morgan fingerprint density at radius 3 is 1.19 bits per heavy atom. The van der Waals surface area contributed by atoms with Gasteiger partial charge in [0, 0.05) is 25.5 Å². The zero-order valence-corrected chi connectivity index (χ0v) is 30.6. The third-order valence-electron chi connectivity index (χ3n) is 8.20. The molecule has 0 unspecified atom stereocenters. The molecule has 0 N–H and O–H groups in total. The Hall–Kier alpha value is -5.24. The molecule has 0 aliphatic carbocycles. The lowest BCUT2D eigenvalue weighted by atomic mass is 10.2. The third-order valence-corrected chi connectivity index (χ3v) is 8.20. The van der Waals surface area contributed by atoms with Gasteiger partial charge in [-0.3, -0.25) is 9.98 Å². The lowest BCUT2D eigenvalue weighted by molar-refractivity contribution is 0.0725. The van der Waals surface area contributed by atoms with Crippen molar-refractivity contribution in [3.63, 3.8) is 0 Å². The number of esters is 2. The number of carbonyl (C=O) groups excluding carboxylic acids is 2. The number of rotatable bonds is 23. The van der Waals surface area contributed by atoms with Crippen LogP contribution in [0.25, 0.3) is 0 Å². The normalized spacial score (nSPS) is 11.2. The van der Waals surface area contributed by atoms with E-state index >= 15 is 0 Å². The molecule has 8 heteroatoms. The molecule has 274 valence electrons. The van der Waals surface area contributed by atoms with Gasteiger partial charge in [0.1, 0.15) is 23.0 Å². The summed E-state index contributed by atoms with van der Waals surface area (Å²) in [5.74, 6) is 1.69. The fourth-order valence-corrected chi connectivity index (χ4v) is 5.13. The molecule has 4 rings (SSSR count). The van der Waals surface area contributed by atoms with Gasteiger partial charge in [-0.05, 0) is 134 Å². The molecular formula is C44H52N2O6. The Balaban J connectivity index is 1.05. The summed E-state index contributed by atoms with van der Waals surface area (Å²) < 4.78 is 22.5. The number of ether oxygens (including phenoxy) is 4. The van der Waals surface area contributed by atoms with Crippen molar-refractivity contribution in [1.29, 1.82) is 0 Å². The van der Waals surface area contributed by atoms with Gasteiger partial charge in [0.05, 0.1) is 24.3 Å². The first kappa shape index (κ1) is 39.5. The smallest absolute Gasteiger partial charge is 0.343 e. The molecule has 0 fully saturated rings. The molecule has 0 aliphatic heterocycles. The van der Waals surface area contributed by atoms with Gasteiger partial charge in [0.25, 0.3) is 0 Å². The second kappa shape index (κ2) is 23.3. The summed E-state index contributed by atoms with van der Waals surface area (Å²) in [6.45, 7) is 7.19. The molecule has 0 amide bonds. The lowest BCUT2D eigenvalue weighted by Gasteiger charge is -2.07. The Labute approximate surface area is 308 Å². The Bertz CT molecular complexity index is 1540. The van der Waals surface area contributed by atoms with Crippen molar-refractivity contribution in [3.8, 4) is 23.0 Å². The van der Waals surface area contributed by atoms with E-state index < -0.39 is 11.9 Å². The maximum Gasteiger partial charge on any atom is 0.343 e. The van der Waals surface area contributed by atoms with Crippen molar-refractivity contribution in [1.82, 2.24) is 0 Å². The van der Waals surface area contributed by atoms with Crippen LogP contribution in [-0.4, -0.2) is 50.7 Å². The van der Waals surface area contributed by atoms with Crippen LogP contribution in [0.15, 0.2) is 107 Å². The lowest BCUT2D eigenvalue weighted by Crippen LogP contribution is -2.08. The van der Waals surface area contributed by atoms with Gasteiger partial charge < -0.3 is 18.9 Å². The summed E-state index contributed by atoms with van der Waals surface area (Å²) >= 11 is 0. The van der Waals surface area contributed by atoms with Gasteiger partial charge in [-0.1, -0.05) is 52.4 Å². The molecule has 0 spiro atoms. The number of aliphatic imine (C=N–C) groups is 2. The SMILES string of the molecule is CCCCCOc1ccc(C(=O)Oc2ccc(C=NCCCCCCN=Cc3ccc(OC(=O)c4ccc(OCCCCC)cc4)cc3)cc2)cc1. The number of nitrogens with zero attached hydrogens (tertiary/aromatic N) is 2. The van der Waals surface area contributed by atoms with E-state index in [2.05, 4.69) is 23.8 Å². The van der Waals surface area contributed by atoms with Gasteiger partial charge in [-0.15, -0.1) is 0 Å². The van der Waals surface area contributed by atoms with Crippen LogP contribution in [0.2, 0.25) is 0 Å². The van der Waals surface area contributed by atoms with Gasteiger partial charge in [0.15, 0.2) is 0 Å². The van der Waals surface area contributed by atoms with Crippen LogP contribution >= 0.6 is 0 Å². The highest BCUT2D eigenvalue weighted by Gasteiger charge is 2.10. The van der Waals surface area contributed by atoms with Crippen molar-refractivity contribution in [2.75, 3.05) is 26.3 Å². The monoisotopic (exact) mass is 704 g/mol. The molecule has 52 heavy (non-hydrogen) atoms. The predicted octanol–water partition coefficient (Wildman–Crippen LogP) is 10.4. The van der Waals surface area contributed by atoms with Gasteiger partial charge in [-0.25, -0.2) is 9.59 Å². The quantitative estimate of drug-likeness (QED) is 0.0330. The summed E-state index contributed by atoms with van der Waals surface area (Å²) in [5.41, 5.74) is 2.87. The highest BCUT2D eigenvalue weighted by Crippen LogP contribution is 2.19. The van der Waals surface area contributed by atoms with Gasteiger partial charge >= 0.3 is 11.9 Å². The van der Waals surface area contributed by atoms with Crippen molar-refractivity contribution in [2.45, 2.75) is 78.1 Å². The average molecular weight is 705 g/mol.